The van der Waals surface area contributed by atoms with Crippen LogP contribution in [0.2, 0.25) is 0 Å². The molecule has 0 bridgehead atoms. The minimum absolute atomic E-state index is 0.238. The summed E-state index contributed by atoms with van der Waals surface area (Å²) in [5, 5.41) is 3.99. The van der Waals surface area contributed by atoms with Crippen LogP contribution in [0.5, 0.6) is 0 Å². The maximum atomic E-state index is 5.47. The van der Waals surface area contributed by atoms with Crippen molar-refractivity contribution < 1.29 is 0 Å². The molecule has 0 aromatic rings. The number of aliphatic imine (C=N–C) groups is 1. The number of nitrogens with two attached hydrogens (primary N) is 1. The van der Waals surface area contributed by atoms with Crippen LogP contribution in [0.25, 0.3) is 5.32 Å². The highest BCUT2D eigenvalue weighted by molar-refractivity contribution is 6.68. The molecule has 1 atom stereocenters. The molecule has 0 aromatic heterocycles. The molecule has 0 aromatic carbocycles. The molecule has 0 radical (unpaired) electrons. The van der Waals surface area contributed by atoms with Crippen molar-refractivity contribution in [3.05, 3.63) is 17.1 Å². The van der Waals surface area contributed by atoms with Gasteiger partial charge in [-0.25, -0.2) is 0 Å². The molecule has 0 fully saturated rings. The number of hydrogen-bond donors (Lipinski definition) is 1. The van der Waals surface area contributed by atoms with Gasteiger partial charge >= 0.3 is 0 Å². The summed E-state index contributed by atoms with van der Waals surface area (Å²) in [6.07, 6.45) is 1.43. The molecule has 1 heterocycles. The first kappa shape index (κ1) is 6.58. The molecular weight excluding hydrogens is 138 g/mol. The largest absolute Gasteiger partial charge is 0.436 e. The molecule has 2 N–H and O–H groups in total. The molecule has 0 spiro atoms. The Hall–Kier alpha value is -0.540. The molecule has 50 valence electrons. The van der Waals surface area contributed by atoms with Crippen LogP contribution >= 0.6 is 11.6 Å². The molecule has 4 heteroatoms. The Labute approximate surface area is 58.6 Å². The summed E-state index contributed by atoms with van der Waals surface area (Å²) in [6, 6.07) is 0. The van der Waals surface area contributed by atoms with Crippen molar-refractivity contribution in [2.75, 3.05) is 0 Å². The van der Waals surface area contributed by atoms with Crippen LogP contribution in [0.15, 0.2) is 16.8 Å². The van der Waals surface area contributed by atoms with E-state index in [0.717, 1.165) is 5.70 Å². The Morgan fingerprint density at radius 2 is 2.56 bits per heavy atom. The molecule has 1 aliphatic rings. The zero-order valence-electron chi connectivity index (χ0n) is 5.00. The van der Waals surface area contributed by atoms with Gasteiger partial charge in [-0.05, 0) is 6.92 Å². The Morgan fingerprint density at radius 3 is 3.00 bits per heavy atom. The summed E-state index contributed by atoms with van der Waals surface area (Å²) < 4.78 is 0. The Kier molecular flexibility index (Phi) is 1.73. The fourth-order valence-corrected chi connectivity index (χ4v) is 0.865. The smallest absolute Gasteiger partial charge is 0.0284 e. The van der Waals surface area contributed by atoms with Crippen molar-refractivity contribution >= 4 is 16.9 Å². The van der Waals surface area contributed by atoms with E-state index in [9.17, 15) is 0 Å². The summed E-state index contributed by atoms with van der Waals surface area (Å²) in [7, 11) is 0. The highest BCUT2D eigenvalue weighted by Crippen LogP contribution is 2.13. The first-order valence-electron chi connectivity index (χ1n) is 2.57. The minimum Gasteiger partial charge on any atom is -0.436 e. The molecule has 0 saturated carbocycles. The van der Waals surface area contributed by atoms with Crippen LogP contribution in [0.1, 0.15) is 6.92 Å². The number of allylic oxidation sites excluding steroid dienone is 1. The lowest BCUT2D eigenvalue weighted by atomic mass is 10.3. The third-order valence-corrected chi connectivity index (χ3v) is 1.12. The van der Waals surface area contributed by atoms with Gasteiger partial charge in [0.2, 0.25) is 0 Å². The minimum atomic E-state index is -0.310. The van der Waals surface area contributed by atoms with Gasteiger partial charge in [0.1, 0.15) is 0 Å². The summed E-state index contributed by atoms with van der Waals surface area (Å²) in [6.45, 7) is 1.83. The van der Waals surface area contributed by atoms with Gasteiger partial charge in [0.05, 0.1) is 0 Å². The van der Waals surface area contributed by atoms with Crippen LogP contribution in [0.3, 0.4) is 0 Å². The van der Waals surface area contributed by atoms with E-state index in [4.69, 9.17) is 17.3 Å². The first-order chi connectivity index (χ1) is 4.18. The average Bonchev–Trinajstić information content (AvgIpc) is 1.59. The maximum Gasteiger partial charge on any atom is 0.0284 e. The highest BCUT2D eigenvalue weighted by Gasteiger charge is 1.95. The van der Waals surface area contributed by atoms with Gasteiger partial charge in [-0.2, -0.15) is 0 Å². The number of rotatable bonds is 0. The zero-order chi connectivity index (χ0) is 6.85. The van der Waals surface area contributed by atoms with E-state index in [1.807, 2.05) is 6.92 Å². The fraction of sp³-hybridized carbons (Fsp3) is 0.400. The molecule has 0 amide bonds. The van der Waals surface area contributed by atoms with Crippen molar-refractivity contribution in [2.45, 2.75) is 13.1 Å². The van der Waals surface area contributed by atoms with Crippen LogP contribution < -0.4 is 5.73 Å². The van der Waals surface area contributed by atoms with Gasteiger partial charge in [-0.15, -0.1) is 0 Å². The third kappa shape index (κ3) is 1.69. The van der Waals surface area contributed by atoms with Crippen LogP contribution in [0.4, 0.5) is 0 Å². The molecular formula is C5H7ClN3-. The maximum absolute atomic E-state index is 5.47. The van der Waals surface area contributed by atoms with E-state index in [0.29, 0.717) is 0 Å². The quantitative estimate of drug-likeness (QED) is 0.510. The van der Waals surface area contributed by atoms with E-state index < -0.39 is 0 Å². The van der Waals surface area contributed by atoms with E-state index in [1.54, 1.807) is 6.08 Å². The predicted molar refractivity (Wildman–Crippen MR) is 38.4 cm³/mol. The average molecular weight is 145 g/mol. The monoisotopic (exact) mass is 144 g/mol. The van der Waals surface area contributed by atoms with E-state index in [2.05, 4.69) is 10.3 Å². The zero-order valence-corrected chi connectivity index (χ0v) is 5.76. The molecule has 9 heavy (non-hydrogen) atoms. The van der Waals surface area contributed by atoms with Crippen LogP contribution in [-0.2, 0) is 0 Å². The second-order valence-electron chi connectivity index (χ2n) is 1.81. The lowest BCUT2D eigenvalue weighted by molar-refractivity contribution is 0.967. The lowest BCUT2D eigenvalue weighted by Gasteiger charge is -2.24. The third-order valence-electron chi connectivity index (χ3n) is 0.936. The highest BCUT2D eigenvalue weighted by atomic mass is 35.5. The molecule has 0 aliphatic carbocycles. The molecule has 3 nitrogen and oxygen atoms in total. The van der Waals surface area contributed by atoms with Gasteiger partial charge in [-0.1, -0.05) is 23.4 Å². The standard InChI is InChI=1S/C5H7ClN3/c1-3-2-4(7)9-5(6)8-3/h2,4H,7H2,1H3/q-1/t4-/m0/s1. The first-order valence-corrected chi connectivity index (χ1v) is 2.95. The van der Waals surface area contributed by atoms with E-state index in [1.165, 1.54) is 0 Å². The number of amidine groups is 1. The topological polar surface area (TPSA) is 52.5 Å². The number of halogens is 1. The van der Waals surface area contributed by atoms with Crippen molar-refractivity contribution in [3.8, 4) is 0 Å². The van der Waals surface area contributed by atoms with Crippen molar-refractivity contribution in [2.24, 2.45) is 10.7 Å². The fourth-order valence-electron chi connectivity index (χ4n) is 0.619. The Bertz CT molecular complexity index is 173. The summed E-state index contributed by atoms with van der Waals surface area (Å²) >= 11 is 5.47. The predicted octanol–water partition coefficient (Wildman–Crippen LogP) is 1.16. The normalized spacial score (nSPS) is 26.3. The van der Waals surface area contributed by atoms with E-state index >= 15 is 0 Å². The summed E-state index contributed by atoms with van der Waals surface area (Å²) in [4.78, 5) is 3.83. The van der Waals surface area contributed by atoms with Gasteiger partial charge < -0.3 is 16.0 Å². The summed E-state index contributed by atoms with van der Waals surface area (Å²) in [5.41, 5.74) is 6.23. The van der Waals surface area contributed by atoms with Gasteiger partial charge in [0, 0.05) is 11.5 Å². The van der Waals surface area contributed by atoms with Gasteiger partial charge in [-0.3, -0.25) is 0 Å². The Morgan fingerprint density at radius 1 is 1.89 bits per heavy atom. The molecule has 1 rings (SSSR count). The van der Waals surface area contributed by atoms with E-state index in [-0.39, 0.29) is 11.5 Å². The van der Waals surface area contributed by atoms with Crippen molar-refractivity contribution in [3.63, 3.8) is 0 Å². The van der Waals surface area contributed by atoms with Crippen LogP contribution in [-0.4, -0.2) is 11.5 Å². The van der Waals surface area contributed by atoms with Crippen LogP contribution in [0, 0.1) is 0 Å². The van der Waals surface area contributed by atoms with Gasteiger partial charge in [0.15, 0.2) is 0 Å². The SMILES string of the molecule is CC1=C[C@@H](N)[N-]C(Cl)=N1. The number of hydrogen-bond acceptors (Lipinski definition) is 2. The molecule has 0 saturated heterocycles. The molecule has 1 aliphatic heterocycles. The Balaban J connectivity index is 2.74. The summed E-state index contributed by atoms with van der Waals surface area (Å²) in [5.74, 6) is 0. The number of nitrogens with zero attached hydrogens (tertiary/aromatic N) is 2. The van der Waals surface area contributed by atoms with Gasteiger partial charge in [0.25, 0.3) is 0 Å². The lowest BCUT2D eigenvalue weighted by Crippen LogP contribution is -2.20. The second kappa shape index (κ2) is 2.37. The van der Waals surface area contributed by atoms with Crippen molar-refractivity contribution in [1.82, 2.24) is 0 Å². The van der Waals surface area contributed by atoms with Crippen molar-refractivity contribution in [1.29, 1.82) is 0 Å². The molecule has 0 unspecified atom stereocenters. The second-order valence-corrected chi connectivity index (χ2v) is 2.15.